The predicted octanol–water partition coefficient (Wildman–Crippen LogP) is 1.79. The van der Waals surface area contributed by atoms with E-state index in [2.05, 4.69) is 26.6 Å². The predicted molar refractivity (Wildman–Crippen MR) is 85.5 cm³/mol. The van der Waals surface area contributed by atoms with E-state index in [1.807, 2.05) is 0 Å². The molecule has 1 unspecified atom stereocenters. The van der Waals surface area contributed by atoms with Crippen LogP contribution in [0.25, 0.3) is 0 Å². The largest absolute Gasteiger partial charge is 0.480 e. The van der Waals surface area contributed by atoms with E-state index in [-0.39, 0.29) is 24.8 Å². The molecule has 0 radical (unpaired) electrons. The van der Waals surface area contributed by atoms with E-state index < -0.39 is 17.9 Å². The van der Waals surface area contributed by atoms with Gasteiger partial charge in [0.05, 0.1) is 0 Å². The van der Waals surface area contributed by atoms with Gasteiger partial charge in [-0.05, 0) is 30.2 Å². The molecule has 7 heteroatoms. The second kappa shape index (κ2) is 8.53. The molecule has 0 saturated heterocycles. The number of carboxylic acids is 1. The van der Waals surface area contributed by atoms with Crippen molar-refractivity contribution >= 4 is 33.7 Å². The summed E-state index contributed by atoms with van der Waals surface area (Å²) in [7, 11) is 0. The highest BCUT2D eigenvalue weighted by molar-refractivity contribution is 9.10. The number of carboxylic acid groups (broad SMARTS) is 1. The van der Waals surface area contributed by atoms with Crippen LogP contribution in [0.2, 0.25) is 0 Å². The molecule has 0 heterocycles. The first-order valence-electron chi connectivity index (χ1n) is 6.87. The fourth-order valence-corrected chi connectivity index (χ4v) is 2.02. The summed E-state index contributed by atoms with van der Waals surface area (Å²) < 4.78 is 0.872. The Kier molecular flexibility index (Phi) is 7.04. The van der Waals surface area contributed by atoms with Crippen molar-refractivity contribution in [3.05, 3.63) is 34.3 Å². The Morgan fingerprint density at radius 2 is 1.77 bits per heavy atom. The number of nitrogens with one attached hydrogen (secondary N) is 2. The minimum Gasteiger partial charge on any atom is -0.480 e. The van der Waals surface area contributed by atoms with Gasteiger partial charge in [0.1, 0.15) is 6.04 Å². The summed E-state index contributed by atoms with van der Waals surface area (Å²) in [5.74, 6) is -1.96. The van der Waals surface area contributed by atoms with Crippen LogP contribution in [0.15, 0.2) is 28.7 Å². The molecule has 0 aliphatic rings. The van der Waals surface area contributed by atoms with Crippen LogP contribution in [0.5, 0.6) is 0 Å². The summed E-state index contributed by atoms with van der Waals surface area (Å²) in [6.45, 7) is 3.58. The summed E-state index contributed by atoms with van der Waals surface area (Å²) >= 11 is 3.28. The van der Waals surface area contributed by atoms with Crippen LogP contribution in [0.1, 0.15) is 30.6 Å². The van der Waals surface area contributed by atoms with Crippen molar-refractivity contribution in [3.8, 4) is 0 Å². The van der Waals surface area contributed by atoms with Gasteiger partial charge in [-0.1, -0.05) is 29.8 Å². The first kappa shape index (κ1) is 18.2. The third kappa shape index (κ3) is 5.85. The van der Waals surface area contributed by atoms with Crippen LogP contribution < -0.4 is 10.6 Å². The van der Waals surface area contributed by atoms with Crippen molar-refractivity contribution in [2.24, 2.45) is 5.92 Å². The molecule has 0 saturated carbocycles. The molecule has 1 aromatic rings. The van der Waals surface area contributed by atoms with Crippen molar-refractivity contribution in [2.45, 2.75) is 26.3 Å². The number of hydrogen-bond donors (Lipinski definition) is 3. The van der Waals surface area contributed by atoms with Gasteiger partial charge in [0, 0.05) is 23.0 Å². The number of carbonyl (C=O) groups is 3. The third-order valence-corrected chi connectivity index (χ3v) is 3.52. The molecule has 1 aromatic carbocycles. The van der Waals surface area contributed by atoms with Crippen molar-refractivity contribution in [2.75, 3.05) is 6.54 Å². The Hall–Kier alpha value is -1.89. The molecule has 3 N–H and O–H groups in total. The minimum absolute atomic E-state index is 0.0266. The van der Waals surface area contributed by atoms with Crippen LogP contribution in [-0.4, -0.2) is 35.5 Å². The lowest BCUT2D eigenvalue weighted by atomic mass is 10.0. The van der Waals surface area contributed by atoms with Gasteiger partial charge < -0.3 is 15.7 Å². The van der Waals surface area contributed by atoms with Gasteiger partial charge in [0.2, 0.25) is 5.91 Å². The molecule has 2 amide bonds. The van der Waals surface area contributed by atoms with Gasteiger partial charge in [0.25, 0.3) is 5.91 Å². The fourth-order valence-electron chi connectivity index (χ4n) is 1.75. The zero-order valence-corrected chi connectivity index (χ0v) is 14.0. The Labute approximate surface area is 137 Å². The summed E-state index contributed by atoms with van der Waals surface area (Å²) in [4.78, 5) is 34.5. The molecule has 0 fully saturated rings. The number of aliphatic carboxylic acids is 1. The Bertz CT molecular complexity index is 543. The first-order chi connectivity index (χ1) is 10.3. The highest BCUT2D eigenvalue weighted by Crippen LogP contribution is 2.10. The Morgan fingerprint density at radius 1 is 1.18 bits per heavy atom. The first-order valence-corrected chi connectivity index (χ1v) is 7.66. The number of carbonyl (C=O) groups excluding carboxylic acids is 2. The van der Waals surface area contributed by atoms with Gasteiger partial charge >= 0.3 is 5.97 Å². The summed E-state index contributed by atoms with van der Waals surface area (Å²) in [6.07, 6.45) is 0.0266. The zero-order valence-electron chi connectivity index (χ0n) is 12.4. The maximum atomic E-state index is 11.8. The number of amides is 2. The maximum absolute atomic E-state index is 11.8. The summed E-state index contributed by atoms with van der Waals surface area (Å²) in [6, 6.07) is 5.91. The van der Waals surface area contributed by atoms with Crippen molar-refractivity contribution in [3.63, 3.8) is 0 Å². The van der Waals surface area contributed by atoms with Crippen LogP contribution >= 0.6 is 15.9 Å². The lowest BCUT2D eigenvalue weighted by molar-refractivity contribution is -0.143. The van der Waals surface area contributed by atoms with E-state index in [9.17, 15) is 14.4 Å². The van der Waals surface area contributed by atoms with Crippen LogP contribution in [0.3, 0.4) is 0 Å². The Morgan fingerprint density at radius 3 is 2.27 bits per heavy atom. The number of halogens is 1. The standard InChI is InChI=1S/C15H19BrN2O4/c1-9(2)13(15(21)22)18-12(19)7-8-17-14(20)10-3-5-11(16)6-4-10/h3-6,9,13H,7-8H2,1-2H3,(H,17,20)(H,18,19)(H,21,22). The lowest BCUT2D eigenvalue weighted by Gasteiger charge is -2.17. The number of hydrogen-bond acceptors (Lipinski definition) is 3. The topological polar surface area (TPSA) is 95.5 Å². The minimum atomic E-state index is -1.07. The van der Waals surface area contributed by atoms with Crippen molar-refractivity contribution in [1.82, 2.24) is 10.6 Å². The maximum Gasteiger partial charge on any atom is 0.326 e. The second-order valence-electron chi connectivity index (χ2n) is 5.14. The smallest absolute Gasteiger partial charge is 0.326 e. The van der Waals surface area contributed by atoms with E-state index in [4.69, 9.17) is 5.11 Å². The van der Waals surface area contributed by atoms with Gasteiger partial charge in [-0.2, -0.15) is 0 Å². The van der Waals surface area contributed by atoms with Crippen molar-refractivity contribution in [1.29, 1.82) is 0 Å². The lowest BCUT2D eigenvalue weighted by Crippen LogP contribution is -2.45. The average molecular weight is 371 g/mol. The molecule has 22 heavy (non-hydrogen) atoms. The van der Waals surface area contributed by atoms with Crippen LogP contribution in [0, 0.1) is 5.92 Å². The highest BCUT2D eigenvalue weighted by Gasteiger charge is 2.23. The molecule has 6 nitrogen and oxygen atoms in total. The summed E-state index contributed by atoms with van der Waals surface area (Å²) in [5.41, 5.74) is 0.495. The molecule has 0 aliphatic carbocycles. The fraction of sp³-hybridized carbons (Fsp3) is 0.400. The van der Waals surface area contributed by atoms with E-state index in [0.29, 0.717) is 5.56 Å². The van der Waals surface area contributed by atoms with E-state index >= 15 is 0 Å². The van der Waals surface area contributed by atoms with Crippen LogP contribution in [0.4, 0.5) is 0 Å². The van der Waals surface area contributed by atoms with Crippen LogP contribution in [-0.2, 0) is 9.59 Å². The molecule has 1 atom stereocenters. The van der Waals surface area contributed by atoms with Gasteiger partial charge in [-0.3, -0.25) is 9.59 Å². The monoisotopic (exact) mass is 370 g/mol. The molecule has 0 aliphatic heterocycles. The van der Waals surface area contributed by atoms with Gasteiger partial charge in [-0.25, -0.2) is 4.79 Å². The molecule has 0 spiro atoms. The average Bonchev–Trinajstić information content (AvgIpc) is 2.44. The van der Waals surface area contributed by atoms with Gasteiger partial charge in [-0.15, -0.1) is 0 Å². The summed E-state index contributed by atoms with van der Waals surface area (Å²) in [5, 5.41) is 14.0. The highest BCUT2D eigenvalue weighted by atomic mass is 79.9. The Balaban J connectivity index is 2.40. The molecule has 1 rings (SSSR count). The van der Waals surface area contributed by atoms with E-state index in [0.717, 1.165) is 4.47 Å². The van der Waals surface area contributed by atoms with Gasteiger partial charge in [0.15, 0.2) is 0 Å². The van der Waals surface area contributed by atoms with E-state index in [1.165, 1.54) is 0 Å². The third-order valence-electron chi connectivity index (χ3n) is 2.99. The van der Waals surface area contributed by atoms with E-state index in [1.54, 1.807) is 38.1 Å². The molecule has 0 aromatic heterocycles. The number of rotatable bonds is 7. The van der Waals surface area contributed by atoms with Crippen molar-refractivity contribution < 1.29 is 19.5 Å². The molecule has 0 bridgehead atoms. The quantitative estimate of drug-likeness (QED) is 0.681. The molecule has 120 valence electrons. The SMILES string of the molecule is CC(C)C(NC(=O)CCNC(=O)c1ccc(Br)cc1)C(=O)O. The second-order valence-corrected chi connectivity index (χ2v) is 6.06. The normalized spacial score (nSPS) is 11.8. The number of benzene rings is 1. The zero-order chi connectivity index (χ0) is 16.7. The molecular formula is C15H19BrN2O4. The molecular weight excluding hydrogens is 352 g/mol.